The fourth-order valence-corrected chi connectivity index (χ4v) is 3.34. The van der Waals surface area contributed by atoms with Crippen molar-refractivity contribution in [3.63, 3.8) is 0 Å². The summed E-state index contributed by atoms with van der Waals surface area (Å²) in [5, 5.41) is 0. The molecule has 0 spiro atoms. The van der Waals surface area contributed by atoms with Crippen LogP contribution in [-0.2, 0) is 10.3 Å². The Morgan fingerprint density at radius 1 is 0.741 bits per heavy atom. The van der Waals surface area contributed by atoms with Crippen molar-refractivity contribution in [1.29, 1.82) is 0 Å². The Bertz CT molecular complexity index is 572. The summed E-state index contributed by atoms with van der Waals surface area (Å²) >= 11 is 0. The fraction of sp³-hybridized carbons (Fsp3) is 0.714. The van der Waals surface area contributed by atoms with E-state index in [2.05, 4.69) is 11.6 Å². The molecular formula is C21H37NO4S. The van der Waals surface area contributed by atoms with E-state index in [0.29, 0.717) is 6.61 Å². The topological polar surface area (TPSA) is 64.6 Å². The average Bonchev–Trinajstić information content (AvgIpc) is 2.66. The van der Waals surface area contributed by atoms with Crippen LogP contribution in [0, 0.1) is 0 Å². The van der Waals surface area contributed by atoms with Crippen molar-refractivity contribution in [1.82, 2.24) is 4.72 Å². The predicted molar refractivity (Wildman–Crippen MR) is 112 cm³/mol. The van der Waals surface area contributed by atoms with Gasteiger partial charge in [-0.2, -0.15) is 13.1 Å². The van der Waals surface area contributed by atoms with Crippen LogP contribution in [0.5, 0.6) is 11.5 Å². The Morgan fingerprint density at radius 2 is 1.19 bits per heavy atom. The van der Waals surface area contributed by atoms with Gasteiger partial charge < -0.3 is 8.92 Å². The minimum absolute atomic E-state index is 0.266. The maximum atomic E-state index is 11.3. The number of rotatable bonds is 17. The van der Waals surface area contributed by atoms with Gasteiger partial charge in [0.05, 0.1) is 6.61 Å². The van der Waals surface area contributed by atoms with E-state index in [0.717, 1.165) is 12.2 Å². The molecular weight excluding hydrogens is 362 g/mol. The molecule has 1 N–H and O–H groups in total. The summed E-state index contributed by atoms with van der Waals surface area (Å²) in [7, 11) is -2.41. The smallest absolute Gasteiger partial charge is 0.382 e. The number of hydrogen-bond donors (Lipinski definition) is 1. The molecule has 0 radical (unpaired) electrons. The van der Waals surface area contributed by atoms with Crippen LogP contribution in [0.3, 0.4) is 0 Å². The molecule has 6 heteroatoms. The van der Waals surface area contributed by atoms with E-state index in [1.807, 2.05) is 0 Å². The quantitative estimate of drug-likeness (QED) is 0.346. The maximum Gasteiger partial charge on any atom is 0.382 e. The molecule has 0 aliphatic carbocycles. The second-order valence-corrected chi connectivity index (χ2v) is 8.43. The summed E-state index contributed by atoms with van der Waals surface area (Å²) in [6, 6.07) is 6.63. The molecule has 0 amide bonds. The Morgan fingerprint density at radius 3 is 1.67 bits per heavy atom. The SMILES string of the molecule is CCCCCCCCCCCCCCOc1ccc(OS(=O)(=O)NC)cc1. The number of unbranched alkanes of at least 4 members (excludes halogenated alkanes) is 11. The molecule has 0 atom stereocenters. The van der Waals surface area contributed by atoms with E-state index >= 15 is 0 Å². The van der Waals surface area contributed by atoms with Gasteiger partial charge in [-0.3, -0.25) is 0 Å². The van der Waals surface area contributed by atoms with Gasteiger partial charge >= 0.3 is 10.3 Å². The molecule has 0 heterocycles. The van der Waals surface area contributed by atoms with Gasteiger partial charge in [0, 0.05) is 7.05 Å². The number of ether oxygens (including phenoxy) is 1. The molecule has 0 fully saturated rings. The summed E-state index contributed by atoms with van der Waals surface area (Å²) in [4.78, 5) is 0. The second kappa shape index (κ2) is 14.7. The first kappa shape index (κ1) is 23.8. The predicted octanol–water partition coefficient (Wildman–Crippen LogP) is 5.61. The Hall–Kier alpha value is -1.27. The van der Waals surface area contributed by atoms with E-state index in [1.165, 1.54) is 77.7 Å². The molecule has 27 heavy (non-hydrogen) atoms. The van der Waals surface area contributed by atoms with Crippen molar-refractivity contribution < 1.29 is 17.3 Å². The standard InChI is InChI=1S/C21H37NO4S/c1-3-4-5-6-7-8-9-10-11-12-13-14-19-25-20-15-17-21(18-16-20)26-27(23,24)22-2/h15-18,22H,3-14,19H2,1-2H3. The zero-order chi connectivity index (χ0) is 19.8. The molecule has 5 nitrogen and oxygen atoms in total. The molecule has 1 aromatic rings. The van der Waals surface area contributed by atoms with Gasteiger partial charge in [0.2, 0.25) is 0 Å². The minimum atomic E-state index is -3.72. The lowest BCUT2D eigenvalue weighted by Crippen LogP contribution is -2.24. The number of nitrogens with one attached hydrogen (secondary N) is 1. The third kappa shape index (κ3) is 12.7. The van der Waals surface area contributed by atoms with Crippen molar-refractivity contribution in [3.05, 3.63) is 24.3 Å². The summed E-state index contributed by atoms with van der Waals surface area (Å²) in [6.45, 7) is 2.95. The summed E-state index contributed by atoms with van der Waals surface area (Å²) < 4.78 is 35.2. The van der Waals surface area contributed by atoms with Crippen LogP contribution >= 0.6 is 0 Å². The Labute approximate surface area is 166 Å². The first-order valence-corrected chi connectivity index (χ1v) is 11.8. The van der Waals surface area contributed by atoms with Gasteiger partial charge in [0.15, 0.2) is 0 Å². The van der Waals surface area contributed by atoms with Crippen molar-refractivity contribution in [2.24, 2.45) is 0 Å². The number of hydrogen-bond acceptors (Lipinski definition) is 4. The molecule has 0 unspecified atom stereocenters. The van der Waals surface area contributed by atoms with Gasteiger partial charge in [0.25, 0.3) is 0 Å². The molecule has 0 aromatic heterocycles. The van der Waals surface area contributed by atoms with Crippen LogP contribution in [0.4, 0.5) is 0 Å². The van der Waals surface area contributed by atoms with Gasteiger partial charge in [-0.25, -0.2) is 0 Å². The Balaban J connectivity index is 1.98. The molecule has 0 saturated heterocycles. The lowest BCUT2D eigenvalue weighted by atomic mass is 10.1. The zero-order valence-corrected chi connectivity index (χ0v) is 17.9. The number of benzene rings is 1. The van der Waals surface area contributed by atoms with Gasteiger partial charge in [-0.05, 0) is 30.7 Å². The molecule has 1 aromatic carbocycles. The summed E-state index contributed by atoms with van der Waals surface area (Å²) in [6.07, 6.45) is 15.9. The van der Waals surface area contributed by atoms with E-state index in [9.17, 15) is 8.42 Å². The molecule has 1 rings (SSSR count). The van der Waals surface area contributed by atoms with Gasteiger partial charge in [0.1, 0.15) is 11.5 Å². The normalized spacial score (nSPS) is 11.5. The molecule has 156 valence electrons. The summed E-state index contributed by atoms with van der Waals surface area (Å²) in [5.74, 6) is 0.995. The highest BCUT2D eigenvalue weighted by atomic mass is 32.2. The monoisotopic (exact) mass is 399 g/mol. The molecule has 0 bridgehead atoms. The van der Waals surface area contributed by atoms with E-state index < -0.39 is 10.3 Å². The van der Waals surface area contributed by atoms with E-state index in [-0.39, 0.29) is 5.75 Å². The third-order valence-corrected chi connectivity index (χ3v) is 5.46. The van der Waals surface area contributed by atoms with Crippen LogP contribution in [-0.4, -0.2) is 22.1 Å². The molecule has 0 aliphatic rings. The van der Waals surface area contributed by atoms with Crippen molar-refractivity contribution in [2.75, 3.05) is 13.7 Å². The highest BCUT2D eigenvalue weighted by Crippen LogP contribution is 2.19. The van der Waals surface area contributed by atoms with Gasteiger partial charge in [-0.15, -0.1) is 0 Å². The van der Waals surface area contributed by atoms with Gasteiger partial charge in [-0.1, -0.05) is 77.6 Å². The fourth-order valence-electron chi connectivity index (χ4n) is 2.89. The first-order chi connectivity index (χ1) is 13.1. The van der Waals surface area contributed by atoms with Crippen molar-refractivity contribution in [3.8, 4) is 11.5 Å². The Kier molecular flexibility index (Phi) is 13.0. The second-order valence-electron chi connectivity index (χ2n) is 6.95. The largest absolute Gasteiger partial charge is 0.494 e. The van der Waals surface area contributed by atoms with Crippen LogP contribution in [0.2, 0.25) is 0 Å². The zero-order valence-electron chi connectivity index (χ0n) is 17.0. The highest BCUT2D eigenvalue weighted by molar-refractivity contribution is 7.85. The highest BCUT2D eigenvalue weighted by Gasteiger charge is 2.08. The average molecular weight is 400 g/mol. The minimum Gasteiger partial charge on any atom is -0.494 e. The van der Waals surface area contributed by atoms with Crippen LogP contribution in [0.1, 0.15) is 84.0 Å². The van der Waals surface area contributed by atoms with E-state index in [4.69, 9.17) is 8.92 Å². The third-order valence-electron chi connectivity index (χ3n) is 4.55. The van der Waals surface area contributed by atoms with Crippen LogP contribution < -0.4 is 13.6 Å². The van der Waals surface area contributed by atoms with E-state index in [1.54, 1.807) is 24.3 Å². The lowest BCUT2D eigenvalue weighted by molar-refractivity contribution is 0.304. The summed E-state index contributed by atoms with van der Waals surface area (Å²) in [5.41, 5.74) is 0. The molecule has 0 saturated carbocycles. The van der Waals surface area contributed by atoms with Crippen LogP contribution in [0.15, 0.2) is 24.3 Å². The first-order valence-electron chi connectivity index (χ1n) is 10.4. The van der Waals surface area contributed by atoms with Crippen LogP contribution in [0.25, 0.3) is 0 Å². The maximum absolute atomic E-state index is 11.3. The van der Waals surface area contributed by atoms with Crippen molar-refractivity contribution >= 4 is 10.3 Å². The van der Waals surface area contributed by atoms with Crippen molar-refractivity contribution in [2.45, 2.75) is 84.0 Å². The molecule has 0 aliphatic heterocycles. The lowest BCUT2D eigenvalue weighted by Gasteiger charge is -2.08.